The molecule has 0 saturated heterocycles. The maximum Gasteiger partial charge on any atom is 0.353 e. The van der Waals surface area contributed by atoms with Crippen molar-refractivity contribution in [2.24, 2.45) is 0 Å². The SMILES string of the molecule is Cc1nc(Nc2ncnc(N(CCC#N)CCC#N)c2[N+](=O)[O-])sc1C. The van der Waals surface area contributed by atoms with Gasteiger partial charge in [0.2, 0.25) is 11.6 Å². The largest absolute Gasteiger partial charge is 0.353 e. The molecular weight excluding hydrogens is 356 g/mol. The number of rotatable bonds is 8. The lowest BCUT2D eigenvalue weighted by Gasteiger charge is -2.21. The van der Waals surface area contributed by atoms with E-state index >= 15 is 0 Å². The molecule has 11 heteroatoms. The highest BCUT2D eigenvalue weighted by Gasteiger charge is 2.27. The van der Waals surface area contributed by atoms with E-state index < -0.39 is 4.92 Å². The predicted molar refractivity (Wildman–Crippen MR) is 96.2 cm³/mol. The van der Waals surface area contributed by atoms with E-state index in [1.165, 1.54) is 17.7 Å². The van der Waals surface area contributed by atoms with Gasteiger partial charge in [-0.05, 0) is 13.8 Å². The third kappa shape index (κ3) is 4.40. The predicted octanol–water partition coefficient (Wildman–Crippen LogP) is 2.84. The molecule has 2 rings (SSSR count). The van der Waals surface area contributed by atoms with Gasteiger partial charge in [-0.15, -0.1) is 11.3 Å². The average Bonchev–Trinajstić information content (AvgIpc) is 2.92. The Hall–Kier alpha value is -3.31. The normalized spacial score (nSPS) is 10.0. The monoisotopic (exact) mass is 372 g/mol. The van der Waals surface area contributed by atoms with Crippen LogP contribution in [0.2, 0.25) is 0 Å². The van der Waals surface area contributed by atoms with Crippen LogP contribution >= 0.6 is 11.3 Å². The molecule has 0 aromatic carbocycles. The number of thiazole rings is 1. The van der Waals surface area contributed by atoms with Crippen molar-refractivity contribution in [3.8, 4) is 12.1 Å². The second kappa shape index (κ2) is 8.69. The summed E-state index contributed by atoms with van der Waals surface area (Å²) in [6.07, 6.45) is 1.52. The molecule has 0 radical (unpaired) electrons. The Bertz CT molecular complexity index is 845. The molecule has 2 aromatic rings. The first kappa shape index (κ1) is 19.0. The Morgan fingerprint density at radius 3 is 2.42 bits per heavy atom. The van der Waals surface area contributed by atoms with Gasteiger partial charge in [-0.1, -0.05) is 0 Å². The summed E-state index contributed by atoms with van der Waals surface area (Å²) < 4.78 is 0. The zero-order valence-corrected chi connectivity index (χ0v) is 15.1. The van der Waals surface area contributed by atoms with Crippen molar-refractivity contribution in [2.45, 2.75) is 26.7 Å². The molecule has 10 nitrogen and oxygen atoms in total. The maximum absolute atomic E-state index is 11.7. The number of nitriles is 2. The molecule has 0 saturated carbocycles. The highest BCUT2D eigenvalue weighted by Crippen LogP contribution is 2.35. The molecule has 0 aliphatic carbocycles. The zero-order chi connectivity index (χ0) is 19.1. The summed E-state index contributed by atoms with van der Waals surface area (Å²) in [6, 6.07) is 3.99. The number of anilines is 3. The lowest BCUT2D eigenvalue weighted by Crippen LogP contribution is -2.27. The quantitative estimate of drug-likeness (QED) is 0.546. The number of hydrogen-bond donors (Lipinski definition) is 1. The lowest BCUT2D eigenvalue weighted by molar-refractivity contribution is -0.383. The summed E-state index contributed by atoms with van der Waals surface area (Å²) in [7, 11) is 0. The molecule has 0 aliphatic rings. The fourth-order valence-electron chi connectivity index (χ4n) is 2.18. The summed E-state index contributed by atoms with van der Waals surface area (Å²) in [5, 5.41) is 32.7. The van der Waals surface area contributed by atoms with Gasteiger partial charge in [0.05, 0.1) is 35.6 Å². The number of hydrogen-bond acceptors (Lipinski definition) is 10. The van der Waals surface area contributed by atoms with Crippen LogP contribution in [0.5, 0.6) is 0 Å². The van der Waals surface area contributed by atoms with Crippen LogP contribution in [0, 0.1) is 46.6 Å². The summed E-state index contributed by atoms with van der Waals surface area (Å²) in [6.45, 7) is 4.21. The number of nitrogens with one attached hydrogen (secondary N) is 1. The van der Waals surface area contributed by atoms with Crippen molar-refractivity contribution in [1.29, 1.82) is 10.5 Å². The molecule has 26 heavy (non-hydrogen) atoms. The van der Waals surface area contributed by atoms with Crippen LogP contribution in [0.25, 0.3) is 0 Å². The molecule has 0 unspecified atom stereocenters. The van der Waals surface area contributed by atoms with Crippen LogP contribution in [0.4, 0.5) is 22.5 Å². The van der Waals surface area contributed by atoms with Gasteiger partial charge in [-0.3, -0.25) is 10.1 Å². The molecule has 0 spiro atoms. The molecular formula is C15H16N8O2S. The minimum atomic E-state index is -0.573. The number of nitro groups is 1. The van der Waals surface area contributed by atoms with E-state index in [0.29, 0.717) is 5.13 Å². The Labute approximate surface area is 153 Å². The summed E-state index contributed by atoms with van der Waals surface area (Å²) >= 11 is 1.37. The van der Waals surface area contributed by atoms with Crippen LogP contribution in [0.3, 0.4) is 0 Å². The Balaban J connectivity index is 2.44. The molecule has 0 atom stereocenters. The molecule has 0 amide bonds. The first-order chi connectivity index (χ1) is 12.5. The van der Waals surface area contributed by atoms with Crippen molar-refractivity contribution < 1.29 is 4.92 Å². The van der Waals surface area contributed by atoms with Crippen LogP contribution in [0.1, 0.15) is 23.4 Å². The van der Waals surface area contributed by atoms with Crippen LogP contribution < -0.4 is 10.2 Å². The maximum atomic E-state index is 11.7. The smallest absolute Gasteiger partial charge is 0.349 e. The second-order valence-corrected chi connectivity index (χ2v) is 6.44. The molecule has 0 fully saturated rings. The Kier molecular flexibility index (Phi) is 6.36. The van der Waals surface area contributed by atoms with Crippen molar-refractivity contribution in [2.75, 3.05) is 23.3 Å². The van der Waals surface area contributed by atoms with E-state index in [4.69, 9.17) is 10.5 Å². The van der Waals surface area contributed by atoms with Gasteiger partial charge in [0.25, 0.3) is 0 Å². The molecule has 2 aromatic heterocycles. The average molecular weight is 372 g/mol. The summed E-state index contributed by atoms with van der Waals surface area (Å²) in [5.74, 6) is 0.0932. The van der Waals surface area contributed by atoms with Crippen molar-refractivity contribution in [3.63, 3.8) is 0 Å². The van der Waals surface area contributed by atoms with E-state index in [0.717, 1.165) is 10.6 Å². The molecule has 1 N–H and O–H groups in total. The lowest BCUT2D eigenvalue weighted by atomic mass is 10.3. The van der Waals surface area contributed by atoms with E-state index in [1.807, 2.05) is 26.0 Å². The van der Waals surface area contributed by atoms with E-state index in [-0.39, 0.29) is 43.3 Å². The van der Waals surface area contributed by atoms with Gasteiger partial charge < -0.3 is 10.2 Å². The first-order valence-electron chi connectivity index (χ1n) is 7.67. The molecule has 2 heterocycles. The molecule has 0 bridgehead atoms. The third-order valence-electron chi connectivity index (χ3n) is 3.53. The number of aryl methyl sites for hydroxylation is 2. The highest BCUT2D eigenvalue weighted by atomic mass is 32.1. The third-order valence-corrected chi connectivity index (χ3v) is 4.51. The second-order valence-electron chi connectivity index (χ2n) is 5.24. The van der Waals surface area contributed by atoms with Gasteiger partial charge in [0.15, 0.2) is 5.13 Å². The van der Waals surface area contributed by atoms with Crippen molar-refractivity contribution in [3.05, 3.63) is 27.0 Å². The van der Waals surface area contributed by atoms with Crippen LogP contribution in [-0.4, -0.2) is 33.0 Å². The van der Waals surface area contributed by atoms with Gasteiger partial charge in [-0.2, -0.15) is 10.5 Å². The van der Waals surface area contributed by atoms with Gasteiger partial charge in [-0.25, -0.2) is 15.0 Å². The topological polar surface area (TPSA) is 145 Å². The standard InChI is InChI=1S/C15H16N8O2S/c1-10-11(2)26-15(20-10)21-13-12(23(24)25)14(19-9-18-13)22(7-3-5-16)8-4-6-17/h9H,3-4,7-8H2,1-2H3,(H,18,19,20,21). The fraction of sp³-hybridized carbons (Fsp3) is 0.400. The Morgan fingerprint density at radius 2 is 1.92 bits per heavy atom. The minimum Gasteiger partial charge on any atom is -0.349 e. The fourth-order valence-corrected chi connectivity index (χ4v) is 3.00. The van der Waals surface area contributed by atoms with Crippen LogP contribution in [-0.2, 0) is 0 Å². The first-order valence-corrected chi connectivity index (χ1v) is 8.48. The summed E-state index contributed by atoms with van der Waals surface area (Å²) in [5.41, 5.74) is 0.521. The number of aromatic nitrogens is 3. The van der Waals surface area contributed by atoms with Gasteiger partial charge >= 0.3 is 5.69 Å². The number of nitrogens with zero attached hydrogens (tertiary/aromatic N) is 7. The highest BCUT2D eigenvalue weighted by molar-refractivity contribution is 7.15. The van der Waals surface area contributed by atoms with Crippen LogP contribution in [0.15, 0.2) is 6.33 Å². The van der Waals surface area contributed by atoms with Gasteiger partial charge in [0, 0.05) is 18.0 Å². The van der Waals surface area contributed by atoms with Gasteiger partial charge in [0.1, 0.15) is 6.33 Å². The van der Waals surface area contributed by atoms with E-state index in [9.17, 15) is 10.1 Å². The summed E-state index contributed by atoms with van der Waals surface area (Å²) in [4.78, 5) is 26.0. The minimum absolute atomic E-state index is 0.0210. The van der Waals surface area contributed by atoms with Crippen molar-refractivity contribution in [1.82, 2.24) is 15.0 Å². The van der Waals surface area contributed by atoms with Crippen molar-refractivity contribution >= 4 is 33.8 Å². The zero-order valence-electron chi connectivity index (χ0n) is 14.3. The molecule has 134 valence electrons. The Morgan fingerprint density at radius 1 is 1.27 bits per heavy atom. The van der Waals surface area contributed by atoms with E-state index in [2.05, 4.69) is 20.3 Å². The van der Waals surface area contributed by atoms with E-state index in [1.54, 1.807) is 4.90 Å². The molecule has 0 aliphatic heterocycles.